The molecule has 3 amide bonds. The van der Waals surface area contributed by atoms with Gasteiger partial charge in [0, 0.05) is 13.1 Å². The largest absolute Gasteiger partial charge is 0.354 e. The second-order valence-corrected chi connectivity index (χ2v) is 9.25. The van der Waals surface area contributed by atoms with E-state index >= 15 is 0 Å². The molecule has 0 saturated carbocycles. The lowest BCUT2D eigenvalue weighted by molar-refractivity contribution is -0.157. The Morgan fingerprint density at radius 2 is 1.81 bits per heavy atom. The molecule has 0 aliphatic carbocycles. The van der Waals surface area contributed by atoms with Crippen molar-refractivity contribution in [3.05, 3.63) is 35.9 Å². The van der Waals surface area contributed by atoms with Crippen molar-refractivity contribution in [3.8, 4) is 0 Å². The molecule has 7 heteroatoms. The second kappa shape index (κ2) is 9.81. The number of piperidine rings is 1. The van der Waals surface area contributed by atoms with Gasteiger partial charge in [0.15, 0.2) is 0 Å². The number of nitrogens with zero attached hydrogens (tertiary/aromatic N) is 3. The molecule has 3 aliphatic heterocycles. The van der Waals surface area contributed by atoms with Crippen LogP contribution in [-0.2, 0) is 20.8 Å². The summed E-state index contributed by atoms with van der Waals surface area (Å²) in [5.41, 5.74) is 1.24. The number of benzene rings is 1. The molecule has 1 N–H and O–H groups in total. The number of rotatable bonds is 7. The molecule has 3 fully saturated rings. The molecule has 0 unspecified atom stereocenters. The fraction of sp³-hybridized carbons (Fsp3) is 0.625. The van der Waals surface area contributed by atoms with Crippen LogP contribution in [0.2, 0.25) is 0 Å². The lowest BCUT2D eigenvalue weighted by atomic mass is 9.97. The second-order valence-electron chi connectivity index (χ2n) is 9.25. The van der Waals surface area contributed by atoms with Crippen LogP contribution in [0, 0.1) is 5.92 Å². The number of nitrogens with one attached hydrogen (secondary N) is 1. The first-order chi connectivity index (χ1) is 15.0. The molecule has 0 radical (unpaired) electrons. The minimum atomic E-state index is -0.501. The number of likely N-dealkylation sites (tertiary alicyclic amines) is 1. The highest BCUT2D eigenvalue weighted by atomic mass is 16.2. The van der Waals surface area contributed by atoms with Gasteiger partial charge in [-0.25, -0.2) is 0 Å². The Hall–Kier alpha value is -2.41. The number of piperazine rings is 1. The quantitative estimate of drug-likeness (QED) is 0.713. The number of fused-ring (bicyclic) bond motifs is 1. The Kier molecular flexibility index (Phi) is 6.90. The van der Waals surface area contributed by atoms with E-state index in [4.69, 9.17) is 0 Å². The van der Waals surface area contributed by atoms with Gasteiger partial charge in [0.05, 0.1) is 6.54 Å². The maximum Gasteiger partial charge on any atom is 0.245 e. The highest BCUT2D eigenvalue weighted by Crippen LogP contribution is 2.29. The zero-order valence-corrected chi connectivity index (χ0v) is 18.5. The number of hydrogen-bond acceptors (Lipinski definition) is 4. The fourth-order valence-electron chi connectivity index (χ4n) is 5.13. The maximum atomic E-state index is 13.0. The molecule has 7 nitrogen and oxygen atoms in total. The predicted octanol–water partition coefficient (Wildman–Crippen LogP) is 1.28. The van der Waals surface area contributed by atoms with E-state index in [1.807, 2.05) is 18.2 Å². The van der Waals surface area contributed by atoms with Crippen LogP contribution in [0.25, 0.3) is 0 Å². The Morgan fingerprint density at radius 3 is 2.55 bits per heavy atom. The van der Waals surface area contributed by atoms with E-state index in [0.717, 1.165) is 38.8 Å². The smallest absolute Gasteiger partial charge is 0.245 e. The number of carbonyl (C=O) groups is 3. The van der Waals surface area contributed by atoms with Crippen molar-refractivity contribution >= 4 is 17.7 Å². The van der Waals surface area contributed by atoms with Crippen molar-refractivity contribution in [3.63, 3.8) is 0 Å². The molecule has 3 heterocycles. The van der Waals surface area contributed by atoms with Crippen LogP contribution in [0.5, 0.6) is 0 Å². The van der Waals surface area contributed by atoms with Gasteiger partial charge in [-0.1, -0.05) is 30.3 Å². The summed E-state index contributed by atoms with van der Waals surface area (Å²) in [5.74, 6) is 0.302. The summed E-state index contributed by atoms with van der Waals surface area (Å²) in [6.45, 7) is 3.45. The third-order valence-corrected chi connectivity index (χ3v) is 7.04. The molecule has 168 valence electrons. The SMILES string of the molecule is CN1CCC(CNC(=O)[C@@H]2CC[C@H]3C(=O)N(CCCc4ccccc4)CC(=O)N23)CC1. The van der Waals surface area contributed by atoms with E-state index in [-0.39, 0.29) is 24.3 Å². The van der Waals surface area contributed by atoms with Gasteiger partial charge in [0.1, 0.15) is 12.1 Å². The number of aryl methyl sites for hydroxylation is 1. The van der Waals surface area contributed by atoms with E-state index in [9.17, 15) is 14.4 Å². The van der Waals surface area contributed by atoms with Crippen LogP contribution < -0.4 is 5.32 Å². The zero-order chi connectivity index (χ0) is 21.8. The molecular weight excluding hydrogens is 392 g/mol. The van der Waals surface area contributed by atoms with Crippen molar-refractivity contribution in [1.82, 2.24) is 20.0 Å². The minimum Gasteiger partial charge on any atom is -0.354 e. The number of amides is 3. The summed E-state index contributed by atoms with van der Waals surface area (Å²) < 4.78 is 0. The molecule has 0 aromatic heterocycles. The lowest BCUT2D eigenvalue weighted by Gasteiger charge is -2.38. The number of carbonyl (C=O) groups excluding carboxylic acids is 3. The summed E-state index contributed by atoms with van der Waals surface area (Å²) in [6, 6.07) is 9.20. The molecule has 4 rings (SSSR count). The lowest BCUT2D eigenvalue weighted by Crippen LogP contribution is -2.61. The van der Waals surface area contributed by atoms with Crippen LogP contribution in [0.15, 0.2) is 30.3 Å². The first kappa shape index (κ1) is 21.8. The van der Waals surface area contributed by atoms with Gasteiger partial charge in [-0.3, -0.25) is 14.4 Å². The van der Waals surface area contributed by atoms with Crippen molar-refractivity contribution < 1.29 is 14.4 Å². The maximum absolute atomic E-state index is 13.0. The predicted molar refractivity (Wildman–Crippen MR) is 118 cm³/mol. The Morgan fingerprint density at radius 1 is 1.06 bits per heavy atom. The molecule has 3 aliphatic rings. The molecule has 0 spiro atoms. The Labute approximate surface area is 184 Å². The topological polar surface area (TPSA) is 73.0 Å². The van der Waals surface area contributed by atoms with E-state index in [0.29, 0.717) is 31.8 Å². The Bertz CT molecular complexity index is 791. The molecule has 3 saturated heterocycles. The van der Waals surface area contributed by atoms with Gasteiger partial charge in [-0.05, 0) is 70.1 Å². The van der Waals surface area contributed by atoms with E-state index in [1.165, 1.54) is 5.56 Å². The summed E-state index contributed by atoms with van der Waals surface area (Å²) in [4.78, 5) is 44.3. The monoisotopic (exact) mass is 426 g/mol. The molecule has 31 heavy (non-hydrogen) atoms. The first-order valence-corrected chi connectivity index (χ1v) is 11.6. The van der Waals surface area contributed by atoms with Crippen LogP contribution in [0.4, 0.5) is 0 Å². The molecule has 1 aromatic rings. The van der Waals surface area contributed by atoms with Crippen molar-refractivity contribution in [1.29, 1.82) is 0 Å². The van der Waals surface area contributed by atoms with Gasteiger partial charge < -0.3 is 20.0 Å². The van der Waals surface area contributed by atoms with Gasteiger partial charge in [-0.15, -0.1) is 0 Å². The van der Waals surface area contributed by atoms with Gasteiger partial charge in [0.25, 0.3) is 0 Å². The highest BCUT2D eigenvalue weighted by Gasteiger charge is 2.48. The molecule has 1 aromatic carbocycles. The van der Waals surface area contributed by atoms with E-state index in [2.05, 4.69) is 29.4 Å². The molecular formula is C24H34N4O3. The van der Waals surface area contributed by atoms with Gasteiger partial charge in [-0.2, -0.15) is 0 Å². The average molecular weight is 427 g/mol. The third-order valence-electron chi connectivity index (χ3n) is 7.04. The van der Waals surface area contributed by atoms with Crippen LogP contribution in [0.3, 0.4) is 0 Å². The third kappa shape index (κ3) is 5.09. The van der Waals surface area contributed by atoms with Crippen molar-refractivity contribution in [2.75, 3.05) is 39.8 Å². The van der Waals surface area contributed by atoms with Crippen molar-refractivity contribution in [2.45, 2.75) is 50.6 Å². The minimum absolute atomic E-state index is 0.00159. The normalized spacial score (nSPS) is 25.1. The van der Waals surface area contributed by atoms with Gasteiger partial charge >= 0.3 is 0 Å². The summed E-state index contributed by atoms with van der Waals surface area (Å²) >= 11 is 0. The summed E-state index contributed by atoms with van der Waals surface area (Å²) in [5, 5.41) is 3.06. The van der Waals surface area contributed by atoms with Crippen LogP contribution in [-0.4, -0.2) is 84.3 Å². The molecule has 2 atom stereocenters. The highest BCUT2D eigenvalue weighted by molar-refractivity contribution is 5.99. The average Bonchev–Trinajstić information content (AvgIpc) is 3.23. The van der Waals surface area contributed by atoms with Crippen molar-refractivity contribution in [2.24, 2.45) is 5.92 Å². The number of hydrogen-bond donors (Lipinski definition) is 1. The fourth-order valence-corrected chi connectivity index (χ4v) is 5.13. The van der Waals surface area contributed by atoms with Gasteiger partial charge in [0.2, 0.25) is 17.7 Å². The zero-order valence-electron chi connectivity index (χ0n) is 18.5. The van der Waals surface area contributed by atoms with E-state index in [1.54, 1.807) is 9.80 Å². The molecule has 0 bridgehead atoms. The van der Waals surface area contributed by atoms with E-state index < -0.39 is 12.1 Å². The van der Waals surface area contributed by atoms with Crippen LogP contribution >= 0.6 is 0 Å². The first-order valence-electron chi connectivity index (χ1n) is 11.6. The van der Waals surface area contributed by atoms with Crippen LogP contribution in [0.1, 0.15) is 37.7 Å². The summed E-state index contributed by atoms with van der Waals surface area (Å²) in [6.07, 6.45) is 5.03. The Balaban J connectivity index is 1.28. The summed E-state index contributed by atoms with van der Waals surface area (Å²) in [7, 11) is 2.12. The standard InChI is InChI=1S/C24H34N4O3/c1-26-14-11-19(12-15-26)16-25-23(30)20-9-10-21-24(31)27(17-22(29)28(20)21)13-5-8-18-6-3-2-4-7-18/h2-4,6-7,19-21H,5,8-17H2,1H3,(H,25,30)/t20-,21-/m0/s1.